The second kappa shape index (κ2) is 5.03. The average molecular weight is 208 g/mol. The lowest BCUT2D eigenvalue weighted by molar-refractivity contribution is 0.414. The van der Waals surface area contributed by atoms with Crippen LogP contribution in [-0.2, 0) is 0 Å². The molecular weight excluding hydrogens is 188 g/mol. The molecule has 1 rings (SSSR count). The third-order valence-electron chi connectivity index (χ3n) is 2.55. The molecule has 3 heteroatoms. The summed E-state index contributed by atoms with van der Waals surface area (Å²) in [6.45, 7) is 4.83. The van der Waals surface area contributed by atoms with E-state index in [4.69, 9.17) is 10.5 Å². The molecule has 0 bridgehead atoms. The SMILES string of the molecule is COc1ccc(C(C)C)cc1N(C)CN. The van der Waals surface area contributed by atoms with Gasteiger partial charge < -0.3 is 15.4 Å². The largest absolute Gasteiger partial charge is 0.495 e. The summed E-state index contributed by atoms with van der Waals surface area (Å²) in [7, 11) is 3.64. The highest BCUT2D eigenvalue weighted by Gasteiger charge is 2.09. The molecule has 0 aliphatic heterocycles. The van der Waals surface area contributed by atoms with Gasteiger partial charge in [-0.1, -0.05) is 19.9 Å². The number of rotatable bonds is 4. The molecule has 0 atom stereocenters. The fraction of sp³-hybridized carbons (Fsp3) is 0.500. The van der Waals surface area contributed by atoms with Crippen LogP contribution in [0.4, 0.5) is 5.69 Å². The van der Waals surface area contributed by atoms with Crippen molar-refractivity contribution in [3.63, 3.8) is 0 Å². The second-order valence-corrected chi connectivity index (χ2v) is 3.97. The molecule has 0 aromatic heterocycles. The maximum Gasteiger partial charge on any atom is 0.142 e. The smallest absolute Gasteiger partial charge is 0.142 e. The van der Waals surface area contributed by atoms with Gasteiger partial charge in [0, 0.05) is 7.05 Å². The number of hydrogen-bond donors (Lipinski definition) is 1. The molecule has 1 aromatic rings. The number of hydrogen-bond acceptors (Lipinski definition) is 3. The lowest BCUT2D eigenvalue weighted by Crippen LogP contribution is -2.25. The maximum absolute atomic E-state index is 5.62. The molecule has 2 N–H and O–H groups in total. The van der Waals surface area contributed by atoms with E-state index in [1.807, 2.05) is 18.0 Å². The van der Waals surface area contributed by atoms with Crippen LogP contribution in [0, 0.1) is 0 Å². The van der Waals surface area contributed by atoms with Crippen LogP contribution in [-0.4, -0.2) is 20.8 Å². The van der Waals surface area contributed by atoms with E-state index in [2.05, 4.69) is 26.0 Å². The van der Waals surface area contributed by atoms with E-state index in [9.17, 15) is 0 Å². The van der Waals surface area contributed by atoms with Gasteiger partial charge in [-0.05, 0) is 23.6 Å². The van der Waals surface area contributed by atoms with Crippen LogP contribution in [0.25, 0.3) is 0 Å². The van der Waals surface area contributed by atoms with E-state index in [0.29, 0.717) is 12.6 Å². The number of nitrogens with zero attached hydrogens (tertiary/aromatic N) is 1. The van der Waals surface area contributed by atoms with Crippen molar-refractivity contribution in [1.29, 1.82) is 0 Å². The standard InChI is InChI=1S/C12H20N2O/c1-9(2)10-5-6-12(15-4)11(7-10)14(3)8-13/h5-7,9H,8,13H2,1-4H3. The molecule has 1 aromatic carbocycles. The number of nitrogens with two attached hydrogens (primary N) is 1. The molecule has 84 valence electrons. The van der Waals surface area contributed by atoms with Gasteiger partial charge >= 0.3 is 0 Å². The molecule has 15 heavy (non-hydrogen) atoms. The first-order chi connectivity index (χ1) is 7.10. The fourth-order valence-electron chi connectivity index (χ4n) is 1.46. The molecular formula is C12H20N2O. The van der Waals surface area contributed by atoms with Gasteiger partial charge in [0.05, 0.1) is 19.5 Å². The Morgan fingerprint density at radius 3 is 2.53 bits per heavy atom. The second-order valence-electron chi connectivity index (χ2n) is 3.97. The van der Waals surface area contributed by atoms with Gasteiger partial charge in [0.2, 0.25) is 0 Å². The molecule has 0 saturated carbocycles. The van der Waals surface area contributed by atoms with Crippen LogP contribution >= 0.6 is 0 Å². The summed E-state index contributed by atoms with van der Waals surface area (Å²) in [6.07, 6.45) is 0. The highest BCUT2D eigenvalue weighted by Crippen LogP contribution is 2.30. The highest BCUT2D eigenvalue weighted by molar-refractivity contribution is 5.60. The van der Waals surface area contributed by atoms with Crippen LogP contribution in [0.15, 0.2) is 18.2 Å². The number of ether oxygens (including phenoxy) is 1. The quantitative estimate of drug-likeness (QED) is 0.771. The molecule has 0 radical (unpaired) electrons. The molecule has 0 unspecified atom stereocenters. The number of methoxy groups -OCH3 is 1. The predicted molar refractivity (Wildman–Crippen MR) is 64.5 cm³/mol. The summed E-state index contributed by atoms with van der Waals surface area (Å²) in [5.74, 6) is 1.38. The van der Waals surface area contributed by atoms with Gasteiger partial charge in [-0.25, -0.2) is 0 Å². The first kappa shape index (κ1) is 11.9. The third-order valence-corrected chi connectivity index (χ3v) is 2.55. The summed E-state index contributed by atoms with van der Waals surface area (Å²) in [6, 6.07) is 6.23. The van der Waals surface area contributed by atoms with E-state index in [-0.39, 0.29) is 0 Å². The summed E-state index contributed by atoms with van der Waals surface area (Å²) >= 11 is 0. The van der Waals surface area contributed by atoms with Crippen molar-refractivity contribution in [2.24, 2.45) is 5.73 Å². The summed E-state index contributed by atoms with van der Waals surface area (Å²) < 4.78 is 5.31. The van der Waals surface area contributed by atoms with Gasteiger partial charge in [-0.2, -0.15) is 0 Å². The Balaban J connectivity index is 3.13. The van der Waals surface area contributed by atoms with Gasteiger partial charge in [0.15, 0.2) is 0 Å². The molecule has 0 heterocycles. The summed E-state index contributed by atoms with van der Waals surface area (Å²) in [5, 5.41) is 0. The predicted octanol–water partition coefficient (Wildman–Crippen LogP) is 2.17. The molecule has 0 aliphatic rings. The van der Waals surface area contributed by atoms with Gasteiger partial charge in [-0.15, -0.1) is 0 Å². The van der Waals surface area contributed by atoms with Crippen molar-refractivity contribution < 1.29 is 4.74 Å². The lowest BCUT2D eigenvalue weighted by atomic mass is 10.0. The van der Waals surface area contributed by atoms with Crippen molar-refractivity contribution >= 4 is 5.69 Å². The summed E-state index contributed by atoms with van der Waals surface area (Å²) in [4.78, 5) is 1.98. The Labute approximate surface area is 91.8 Å². The van der Waals surface area contributed by atoms with Crippen molar-refractivity contribution in [2.45, 2.75) is 19.8 Å². The van der Waals surface area contributed by atoms with Crippen LogP contribution in [0.2, 0.25) is 0 Å². The van der Waals surface area contributed by atoms with Crippen molar-refractivity contribution in [2.75, 3.05) is 25.7 Å². The Morgan fingerprint density at radius 2 is 2.07 bits per heavy atom. The zero-order valence-electron chi connectivity index (χ0n) is 9.95. The Hall–Kier alpha value is -1.22. The lowest BCUT2D eigenvalue weighted by Gasteiger charge is -2.21. The molecule has 0 amide bonds. The monoisotopic (exact) mass is 208 g/mol. The number of benzene rings is 1. The number of anilines is 1. The van der Waals surface area contributed by atoms with E-state index < -0.39 is 0 Å². The highest BCUT2D eigenvalue weighted by atomic mass is 16.5. The zero-order valence-corrected chi connectivity index (χ0v) is 9.95. The fourth-order valence-corrected chi connectivity index (χ4v) is 1.46. The van der Waals surface area contributed by atoms with E-state index in [0.717, 1.165) is 11.4 Å². The molecule has 3 nitrogen and oxygen atoms in total. The van der Waals surface area contributed by atoms with Gasteiger partial charge in [0.25, 0.3) is 0 Å². The van der Waals surface area contributed by atoms with Gasteiger partial charge in [-0.3, -0.25) is 0 Å². The average Bonchev–Trinajstić information content (AvgIpc) is 2.27. The van der Waals surface area contributed by atoms with Crippen LogP contribution in [0.3, 0.4) is 0 Å². The van der Waals surface area contributed by atoms with E-state index in [1.54, 1.807) is 7.11 Å². The third kappa shape index (κ3) is 2.63. The minimum Gasteiger partial charge on any atom is -0.495 e. The normalized spacial score (nSPS) is 10.5. The zero-order chi connectivity index (χ0) is 11.4. The minimum absolute atomic E-state index is 0.484. The molecule has 0 fully saturated rings. The van der Waals surface area contributed by atoms with Crippen LogP contribution < -0.4 is 15.4 Å². The minimum atomic E-state index is 0.484. The molecule has 0 saturated heterocycles. The first-order valence-corrected chi connectivity index (χ1v) is 5.19. The summed E-state index contributed by atoms with van der Waals surface area (Å²) in [5.41, 5.74) is 7.97. The Kier molecular flexibility index (Phi) is 3.97. The maximum atomic E-state index is 5.62. The van der Waals surface area contributed by atoms with Crippen molar-refractivity contribution in [3.05, 3.63) is 23.8 Å². The van der Waals surface area contributed by atoms with E-state index in [1.165, 1.54) is 5.56 Å². The Bertz CT molecular complexity index is 323. The molecule has 0 spiro atoms. The first-order valence-electron chi connectivity index (χ1n) is 5.19. The Morgan fingerprint density at radius 1 is 1.40 bits per heavy atom. The topological polar surface area (TPSA) is 38.5 Å². The van der Waals surface area contributed by atoms with Crippen LogP contribution in [0.1, 0.15) is 25.3 Å². The van der Waals surface area contributed by atoms with Crippen molar-refractivity contribution in [3.8, 4) is 5.75 Å². The van der Waals surface area contributed by atoms with Crippen molar-refractivity contribution in [1.82, 2.24) is 0 Å². The van der Waals surface area contributed by atoms with Crippen LogP contribution in [0.5, 0.6) is 5.75 Å². The molecule has 0 aliphatic carbocycles. The van der Waals surface area contributed by atoms with E-state index >= 15 is 0 Å². The van der Waals surface area contributed by atoms with Gasteiger partial charge in [0.1, 0.15) is 5.75 Å².